The Bertz CT molecular complexity index is 1140. The molecule has 4 rings (SSSR count). The fraction of sp³-hybridized carbons (Fsp3) is 0.0500. The molecule has 2 aromatic heterocycles. The second-order valence-corrected chi connectivity index (χ2v) is 7.70. The molecule has 0 saturated carbocycles. The minimum Gasteiger partial charge on any atom is -0.443 e. The van der Waals surface area contributed by atoms with Crippen molar-refractivity contribution in [3.8, 4) is 17.3 Å². The number of carbonyl (C=O) groups is 1. The first kappa shape index (κ1) is 17.3. The first-order valence-electron chi connectivity index (χ1n) is 8.10. The number of anilines is 1. The van der Waals surface area contributed by atoms with Crippen LogP contribution < -0.4 is 5.32 Å². The van der Waals surface area contributed by atoms with Crippen molar-refractivity contribution in [2.45, 2.75) is 4.34 Å². The zero-order valence-corrected chi connectivity index (χ0v) is 15.6. The van der Waals surface area contributed by atoms with Crippen molar-refractivity contribution >= 4 is 45.7 Å². The average molecular weight is 391 g/mol. The van der Waals surface area contributed by atoms with E-state index in [2.05, 4.69) is 10.3 Å². The smallest absolute Gasteiger partial charge is 0.234 e. The molecular weight excluding hydrogens is 378 g/mol. The molecule has 0 spiro atoms. The minimum atomic E-state index is -0.209. The van der Waals surface area contributed by atoms with Gasteiger partial charge in [0, 0.05) is 16.3 Å². The van der Waals surface area contributed by atoms with E-state index in [9.17, 15) is 10.1 Å². The summed E-state index contributed by atoms with van der Waals surface area (Å²) in [6.07, 6.45) is 0. The molecule has 0 aliphatic carbocycles. The largest absolute Gasteiger partial charge is 0.443 e. The maximum Gasteiger partial charge on any atom is 0.234 e. The molecule has 4 aromatic rings. The maximum absolute atomic E-state index is 12.4. The summed E-state index contributed by atoms with van der Waals surface area (Å²) >= 11 is 2.87. The lowest BCUT2D eigenvalue weighted by molar-refractivity contribution is -0.113. The Morgan fingerprint density at radius 1 is 1.19 bits per heavy atom. The molecule has 0 atom stereocenters. The molecule has 1 amide bonds. The Hall–Kier alpha value is -3.08. The summed E-state index contributed by atoms with van der Waals surface area (Å²) in [6, 6.07) is 19.1. The van der Waals surface area contributed by atoms with Gasteiger partial charge < -0.3 is 9.73 Å². The van der Waals surface area contributed by atoms with Gasteiger partial charge in [-0.3, -0.25) is 4.79 Å². The van der Waals surface area contributed by atoms with Gasteiger partial charge in [-0.1, -0.05) is 54.2 Å². The Morgan fingerprint density at radius 2 is 1.96 bits per heavy atom. The second kappa shape index (κ2) is 7.66. The zero-order chi connectivity index (χ0) is 18.6. The lowest BCUT2D eigenvalue weighted by Gasteiger charge is -2.02. The molecule has 2 aromatic carbocycles. The monoisotopic (exact) mass is 391 g/mol. The van der Waals surface area contributed by atoms with Gasteiger partial charge in [0.15, 0.2) is 4.34 Å². The summed E-state index contributed by atoms with van der Waals surface area (Å²) in [4.78, 5) is 16.9. The maximum atomic E-state index is 12.4. The summed E-state index contributed by atoms with van der Waals surface area (Å²) in [5, 5.41) is 14.7. The normalized spacial score (nSPS) is 10.6. The third-order valence-corrected chi connectivity index (χ3v) is 5.86. The fourth-order valence-corrected chi connectivity index (χ4v) is 4.25. The van der Waals surface area contributed by atoms with E-state index in [0.717, 1.165) is 15.6 Å². The van der Waals surface area contributed by atoms with Gasteiger partial charge in [0.2, 0.25) is 11.7 Å². The number of aromatic nitrogens is 1. The lowest BCUT2D eigenvalue weighted by Crippen LogP contribution is -2.14. The van der Waals surface area contributed by atoms with Crippen LogP contribution in [0, 0.1) is 11.3 Å². The third kappa shape index (κ3) is 3.72. The van der Waals surface area contributed by atoms with Gasteiger partial charge in [-0.05, 0) is 12.1 Å². The van der Waals surface area contributed by atoms with E-state index in [1.54, 1.807) is 6.07 Å². The van der Waals surface area contributed by atoms with E-state index in [-0.39, 0.29) is 17.4 Å². The lowest BCUT2D eigenvalue weighted by atomic mass is 10.2. The average Bonchev–Trinajstić information content (AvgIpc) is 3.32. The van der Waals surface area contributed by atoms with Crippen LogP contribution in [0.2, 0.25) is 0 Å². The number of benzene rings is 2. The SMILES string of the molecule is N#Cc1oc2ccccc2c1NC(=O)CSc1nc(-c2ccccc2)cs1. The van der Waals surface area contributed by atoms with Crippen LogP contribution in [0.5, 0.6) is 0 Å². The van der Waals surface area contributed by atoms with E-state index in [1.165, 1.54) is 23.1 Å². The summed E-state index contributed by atoms with van der Waals surface area (Å²) in [6.45, 7) is 0. The molecule has 5 nitrogen and oxygen atoms in total. The Kier molecular flexibility index (Phi) is 4.92. The number of nitrogens with one attached hydrogen (secondary N) is 1. The number of thioether (sulfide) groups is 1. The van der Waals surface area contributed by atoms with Gasteiger partial charge in [-0.15, -0.1) is 11.3 Å². The molecule has 0 radical (unpaired) electrons. The van der Waals surface area contributed by atoms with Crippen LogP contribution >= 0.6 is 23.1 Å². The molecule has 1 N–H and O–H groups in total. The van der Waals surface area contributed by atoms with Crippen LogP contribution in [0.1, 0.15) is 5.76 Å². The van der Waals surface area contributed by atoms with Gasteiger partial charge in [0.25, 0.3) is 0 Å². The Balaban J connectivity index is 1.44. The van der Waals surface area contributed by atoms with Crippen LogP contribution in [0.3, 0.4) is 0 Å². The van der Waals surface area contributed by atoms with E-state index in [0.29, 0.717) is 16.7 Å². The van der Waals surface area contributed by atoms with Gasteiger partial charge in [0.1, 0.15) is 17.3 Å². The summed E-state index contributed by atoms with van der Waals surface area (Å²) in [5.41, 5.74) is 2.94. The van der Waals surface area contributed by atoms with E-state index < -0.39 is 0 Å². The molecule has 0 aliphatic heterocycles. The van der Waals surface area contributed by atoms with Crippen molar-refractivity contribution in [3.05, 3.63) is 65.7 Å². The van der Waals surface area contributed by atoms with Crippen molar-refractivity contribution in [1.29, 1.82) is 5.26 Å². The Morgan fingerprint density at radius 3 is 2.78 bits per heavy atom. The number of hydrogen-bond acceptors (Lipinski definition) is 6. The number of nitriles is 1. The molecule has 132 valence electrons. The van der Waals surface area contributed by atoms with Crippen LogP contribution in [-0.2, 0) is 4.79 Å². The first-order chi connectivity index (χ1) is 13.2. The van der Waals surface area contributed by atoms with Gasteiger partial charge in [-0.25, -0.2) is 4.98 Å². The highest BCUT2D eigenvalue weighted by Gasteiger charge is 2.16. The number of thiazole rings is 1. The number of amides is 1. The molecule has 0 saturated heterocycles. The van der Waals surface area contributed by atoms with Crippen molar-refractivity contribution in [2.24, 2.45) is 0 Å². The number of para-hydroxylation sites is 1. The standard InChI is InChI=1S/C20H13N3O2S2/c21-10-17-19(14-8-4-5-9-16(14)25-17)23-18(24)12-27-20-22-15(11-26-20)13-6-2-1-3-7-13/h1-9,11H,12H2,(H,23,24). The highest BCUT2D eigenvalue weighted by Crippen LogP contribution is 2.31. The van der Waals surface area contributed by atoms with E-state index in [1.807, 2.05) is 60.0 Å². The van der Waals surface area contributed by atoms with Crippen LogP contribution in [0.4, 0.5) is 5.69 Å². The molecule has 2 heterocycles. The molecule has 0 aliphatic rings. The Labute approximate surface area is 163 Å². The topological polar surface area (TPSA) is 78.9 Å². The fourth-order valence-electron chi connectivity index (χ4n) is 2.62. The van der Waals surface area contributed by atoms with Crippen molar-refractivity contribution in [1.82, 2.24) is 4.98 Å². The molecule has 0 unspecified atom stereocenters. The highest BCUT2D eigenvalue weighted by molar-refractivity contribution is 8.01. The first-order valence-corrected chi connectivity index (χ1v) is 9.96. The van der Waals surface area contributed by atoms with Gasteiger partial charge in [0.05, 0.1) is 11.4 Å². The van der Waals surface area contributed by atoms with Crippen molar-refractivity contribution in [3.63, 3.8) is 0 Å². The van der Waals surface area contributed by atoms with Crippen LogP contribution in [-0.4, -0.2) is 16.6 Å². The number of rotatable bonds is 5. The summed E-state index contributed by atoms with van der Waals surface area (Å²) in [7, 11) is 0. The number of hydrogen-bond donors (Lipinski definition) is 1. The molecule has 7 heteroatoms. The predicted octanol–water partition coefficient (Wildman–Crippen LogP) is 5.16. The van der Waals surface area contributed by atoms with E-state index in [4.69, 9.17) is 4.42 Å². The van der Waals surface area contributed by atoms with Crippen LogP contribution in [0.25, 0.3) is 22.2 Å². The number of carbonyl (C=O) groups excluding carboxylic acids is 1. The number of furan rings is 1. The van der Waals surface area contributed by atoms with Gasteiger partial charge in [-0.2, -0.15) is 5.26 Å². The summed E-state index contributed by atoms with van der Waals surface area (Å²) < 4.78 is 6.29. The van der Waals surface area contributed by atoms with E-state index >= 15 is 0 Å². The quantitative estimate of drug-likeness (QED) is 0.476. The minimum absolute atomic E-state index is 0.107. The highest BCUT2D eigenvalue weighted by atomic mass is 32.2. The molecular formula is C20H13N3O2S2. The third-order valence-electron chi connectivity index (χ3n) is 3.84. The molecule has 0 bridgehead atoms. The van der Waals surface area contributed by atoms with Crippen LogP contribution in [0.15, 0.2) is 68.7 Å². The number of nitrogens with zero attached hydrogens (tertiary/aromatic N) is 2. The van der Waals surface area contributed by atoms with Gasteiger partial charge >= 0.3 is 0 Å². The zero-order valence-electron chi connectivity index (χ0n) is 14.0. The second-order valence-electron chi connectivity index (χ2n) is 5.62. The molecule has 0 fully saturated rings. The predicted molar refractivity (Wildman–Crippen MR) is 108 cm³/mol. The summed E-state index contributed by atoms with van der Waals surface area (Å²) in [5.74, 6) is 0.0984. The van der Waals surface area contributed by atoms with Crippen molar-refractivity contribution in [2.75, 3.05) is 11.1 Å². The van der Waals surface area contributed by atoms with Crippen molar-refractivity contribution < 1.29 is 9.21 Å². The molecule has 27 heavy (non-hydrogen) atoms. The number of fused-ring (bicyclic) bond motifs is 1.